The number of hydrogen-bond donors (Lipinski definition) is 1. The predicted molar refractivity (Wildman–Crippen MR) is 134 cm³/mol. The second kappa shape index (κ2) is 10.3. The van der Waals surface area contributed by atoms with E-state index < -0.39 is 28.6 Å². The van der Waals surface area contributed by atoms with E-state index in [1.807, 2.05) is 6.92 Å². The van der Waals surface area contributed by atoms with Crippen molar-refractivity contribution in [1.29, 1.82) is 0 Å². The molecule has 1 N–H and O–H groups in total. The molecule has 202 valence electrons. The Balaban J connectivity index is 1.54. The zero-order valence-electron chi connectivity index (χ0n) is 21.8. The molecule has 8 heteroatoms. The molecule has 3 fully saturated rings. The second-order valence-electron chi connectivity index (χ2n) is 11.6. The maximum absolute atomic E-state index is 14.4. The lowest BCUT2D eigenvalue weighted by molar-refractivity contribution is -0.154. The van der Waals surface area contributed by atoms with Crippen LogP contribution in [0.4, 0.5) is 0 Å². The number of alkyl halides is 1. The van der Waals surface area contributed by atoms with Gasteiger partial charge >= 0.3 is 0 Å². The summed E-state index contributed by atoms with van der Waals surface area (Å²) < 4.78 is 25.1. The number of methoxy groups -OCH3 is 2. The SMILES string of the molecule is COC1CC(OC)C2C(=O)[C@@]3(OC2C1Cl)C1=C(C[C@](CCCCO)(C2CCCCC2)O1)C(=O)C[C@H]3C. The van der Waals surface area contributed by atoms with Gasteiger partial charge in [0.2, 0.25) is 0 Å². The lowest BCUT2D eigenvalue weighted by Gasteiger charge is -2.43. The molecule has 5 unspecified atom stereocenters. The topological polar surface area (TPSA) is 91.3 Å². The zero-order chi connectivity index (χ0) is 25.7. The highest BCUT2D eigenvalue weighted by Gasteiger charge is 2.70. The minimum absolute atomic E-state index is 0.0646. The first-order valence-electron chi connectivity index (χ1n) is 13.8. The molecule has 2 heterocycles. The number of ketones is 2. The van der Waals surface area contributed by atoms with Crippen LogP contribution in [0, 0.1) is 17.8 Å². The van der Waals surface area contributed by atoms with Crippen molar-refractivity contribution >= 4 is 23.2 Å². The van der Waals surface area contributed by atoms with Gasteiger partial charge in [0.05, 0.1) is 29.6 Å². The molecule has 0 amide bonds. The molecule has 5 aliphatic rings. The van der Waals surface area contributed by atoms with E-state index in [1.165, 1.54) is 6.42 Å². The Kier molecular flexibility index (Phi) is 7.61. The van der Waals surface area contributed by atoms with E-state index in [0.717, 1.165) is 38.5 Å². The molecule has 0 aromatic heterocycles. The summed E-state index contributed by atoms with van der Waals surface area (Å²) in [5.74, 6) is -0.121. The van der Waals surface area contributed by atoms with Crippen LogP contribution in [0.1, 0.15) is 77.6 Å². The molecule has 36 heavy (non-hydrogen) atoms. The van der Waals surface area contributed by atoms with E-state index in [9.17, 15) is 14.7 Å². The van der Waals surface area contributed by atoms with Crippen LogP contribution in [0.15, 0.2) is 11.3 Å². The first-order valence-corrected chi connectivity index (χ1v) is 14.2. The van der Waals surface area contributed by atoms with Crippen molar-refractivity contribution in [1.82, 2.24) is 0 Å². The molecule has 8 atom stereocenters. The summed E-state index contributed by atoms with van der Waals surface area (Å²) in [7, 11) is 3.23. The van der Waals surface area contributed by atoms with Gasteiger partial charge in [-0.2, -0.15) is 0 Å². The van der Waals surface area contributed by atoms with Crippen LogP contribution in [0.25, 0.3) is 0 Å². The third kappa shape index (κ3) is 4.00. The van der Waals surface area contributed by atoms with Gasteiger partial charge in [-0.25, -0.2) is 0 Å². The van der Waals surface area contributed by atoms with Gasteiger partial charge in [0.1, 0.15) is 11.4 Å². The predicted octanol–water partition coefficient (Wildman–Crippen LogP) is 4.12. The Morgan fingerprint density at radius 1 is 1.08 bits per heavy atom. The third-order valence-corrected chi connectivity index (χ3v) is 10.3. The average Bonchev–Trinajstić information content (AvgIpc) is 3.43. The fraction of sp³-hybridized carbons (Fsp3) is 0.857. The van der Waals surface area contributed by atoms with Gasteiger partial charge in [-0.15, -0.1) is 11.6 Å². The Morgan fingerprint density at radius 2 is 1.81 bits per heavy atom. The van der Waals surface area contributed by atoms with E-state index >= 15 is 0 Å². The molecule has 0 bridgehead atoms. The minimum Gasteiger partial charge on any atom is -0.487 e. The van der Waals surface area contributed by atoms with E-state index in [0.29, 0.717) is 36.5 Å². The van der Waals surface area contributed by atoms with Crippen LogP contribution < -0.4 is 0 Å². The Hall–Kier alpha value is -0.990. The summed E-state index contributed by atoms with van der Waals surface area (Å²) in [4.78, 5) is 27.8. The van der Waals surface area contributed by atoms with Gasteiger partial charge in [-0.3, -0.25) is 9.59 Å². The molecule has 1 spiro atoms. The first-order chi connectivity index (χ1) is 17.3. The summed E-state index contributed by atoms with van der Waals surface area (Å²) in [5, 5.41) is 8.95. The number of carbonyl (C=O) groups is 2. The van der Waals surface area contributed by atoms with Crippen molar-refractivity contribution in [3.8, 4) is 0 Å². The largest absolute Gasteiger partial charge is 0.487 e. The number of unbranched alkanes of at least 4 members (excludes halogenated alkanes) is 1. The number of rotatable bonds is 7. The highest BCUT2D eigenvalue weighted by molar-refractivity contribution is 6.22. The molecule has 3 aliphatic carbocycles. The summed E-state index contributed by atoms with van der Waals surface area (Å²) >= 11 is 6.85. The third-order valence-electron chi connectivity index (χ3n) is 9.76. The van der Waals surface area contributed by atoms with Crippen LogP contribution in [-0.4, -0.2) is 72.4 Å². The standard InChI is InChI=1S/C28H41ClO7/c1-16-13-19(31)18-15-27(11-7-8-12-30,17-9-5-4-6-10-17)36-26(18)28(16)25(32)22-20(33-2)14-21(34-3)23(29)24(22)35-28/h16-17,20-24,30H,4-15H2,1-3H3/t16-,20?,21?,22?,23?,24?,27-,28-/m1/s1. The molecule has 2 saturated carbocycles. The Bertz CT molecular complexity index is 898. The van der Waals surface area contributed by atoms with Crippen molar-refractivity contribution in [3.63, 3.8) is 0 Å². The molecular weight excluding hydrogens is 484 g/mol. The number of fused-ring (bicyclic) bond motifs is 2. The fourth-order valence-electron chi connectivity index (χ4n) is 7.81. The summed E-state index contributed by atoms with van der Waals surface area (Å²) in [6, 6.07) is 0. The number of aliphatic hydroxyl groups is 1. The Morgan fingerprint density at radius 3 is 2.47 bits per heavy atom. The second-order valence-corrected chi connectivity index (χ2v) is 12.1. The number of Topliss-reactive ketones (excluding diaryl/α,β-unsaturated/α-hetero) is 2. The van der Waals surface area contributed by atoms with E-state index in [4.69, 9.17) is 30.5 Å². The summed E-state index contributed by atoms with van der Waals surface area (Å²) in [6.07, 6.45) is 7.96. The van der Waals surface area contributed by atoms with Gasteiger partial charge < -0.3 is 24.1 Å². The summed E-state index contributed by atoms with van der Waals surface area (Å²) in [6.45, 7) is 2.06. The molecule has 2 aliphatic heterocycles. The number of hydrogen-bond acceptors (Lipinski definition) is 7. The van der Waals surface area contributed by atoms with E-state index in [2.05, 4.69) is 0 Å². The van der Waals surface area contributed by atoms with Crippen molar-refractivity contribution in [3.05, 3.63) is 11.3 Å². The smallest absolute Gasteiger partial charge is 0.187 e. The Labute approximate surface area is 219 Å². The van der Waals surface area contributed by atoms with Gasteiger partial charge in [0.15, 0.2) is 17.2 Å². The van der Waals surface area contributed by atoms with Gasteiger partial charge in [-0.05, 0) is 38.0 Å². The van der Waals surface area contributed by atoms with E-state index in [1.54, 1.807) is 14.2 Å². The summed E-state index contributed by atoms with van der Waals surface area (Å²) in [5.41, 5.74) is -1.21. The quantitative estimate of drug-likeness (QED) is 0.395. The molecule has 0 aromatic rings. The van der Waals surface area contributed by atoms with Crippen LogP contribution >= 0.6 is 11.6 Å². The number of aliphatic hydroxyl groups excluding tert-OH is 1. The molecule has 1 saturated heterocycles. The molecule has 7 nitrogen and oxygen atoms in total. The van der Waals surface area contributed by atoms with Crippen LogP contribution in [0.5, 0.6) is 0 Å². The molecule has 5 rings (SSSR count). The van der Waals surface area contributed by atoms with Crippen LogP contribution in [-0.2, 0) is 28.5 Å². The molecule has 0 aromatic carbocycles. The normalized spacial score (nSPS) is 43.1. The fourth-order valence-corrected chi connectivity index (χ4v) is 8.22. The lowest BCUT2D eigenvalue weighted by Crippen LogP contribution is -2.52. The number of halogens is 1. The monoisotopic (exact) mass is 524 g/mol. The maximum atomic E-state index is 14.4. The number of carbonyl (C=O) groups excluding carboxylic acids is 2. The zero-order valence-corrected chi connectivity index (χ0v) is 22.6. The van der Waals surface area contributed by atoms with Crippen molar-refractivity contribution < 1.29 is 33.6 Å². The molecule has 0 radical (unpaired) electrons. The average molecular weight is 525 g/mol. The first kappa shape index (κ1) is 26.6. The van der Waals surface area contributed by atoms with Crippen molar-refractivity contribution in [2.24, 2.45) is 17.8 Å². The highest BCUT2D eigenvalue weighted by Crippen LogP contribution is 2.59. The van der Waals surface area contributed by atoms with E-state index in [-0.39, 0.29) is 42.7 Å². The minimum atomic E-state index is -1.32. The van der Waals surface area contributed by atoms with Gasteiger partial charge in [0.25, 0.3) is 0 Å². The van der Waals surface area contributed by atoms with Gasteiger partial charge in [0, 0.05) is 51.6 Å². The lowest BCUT2D eigenvalue weighted by atomic mass is 9.68. The number of ether oxygens (including phenoxy) is 4. The van der Waals surface area contributed by atoms with Gasteiger partial charge in [-0.1, -0.05) is 26.2 Å². The molecular formula is C28H41ClO7. The van der Waals surface area contributed by atoms with Crippen LogP contribution in [0.2, 0.25) is 0 Å². The van der Waals surface area contributed by atoms with Crippen LogP contribution in [0.3, 0.4) is 0 Å². The highest BCUT2D eigenvalue weighted by atomic mass is 35.5. The van der Waals surface area contributed by atoms with Crippen molar-refractivity contribution in [2.45, 2.75) is 112 Å². The maximum Gasteiger partial charge on any atom is 0.187 e. The van der Waals surface area contributed by atoms with Crippen molar-refractivity contribution in [2.75, 3.05) is 20.8 Å².